The van der Waals surface area contributed by atoms with Crippen molar-refractivity contribution in [2.45, 2.75) is 68.9 Å². The van der Waals surface area contributed by atoms with E-state index in [2.05, 4.69) is 17.6 Å². The number of likely N-dealkylation sites (tertiary alicyclic amines) is 1. The molecule has 13 heteroatoms. The Morgan fingerprint density at radius 1 is 0.915 bits per heavy atom. The number of rotatable bonds is 9. The number of halogens is 3. The van der Waals surface area contributed by atoms with Crippen molar-refractivity contribution in [3.8, 4) is 0 Å². The van der Waals surface area contributed by atoms with Gasteiger partial charge in [0.05, 0.1) is 18.8 Å². The molecule has 5 atom stereocenters. The van der Waals surface area contributed by atoms with Gasteiger partial charge in [-0.25, -0.2) is 0 Å². The largest absolute Gasteiger partial charge is 0.471 e. The van der Waals surface area contributed by atoms with E-state index in [0.717, 1.165) is 16.0 Å². The summed E-state index contributed by atoms with van der Waals surface area (Å²) >= 11 is 1.61. The highest BCUT2D eigenvalue weighted by Gasteiger charge is 2.47. The molecule has 250 valence electrons. The maximum Gasteiger partial charge on any atom is 0.471 e. The number of hydrogen-bond acceptors (Lipinski definition) is 7. The number of anilines is 2. The van der Waals surface area contributed by atoms with Crippen molar-refractivity contribution >= 4 is 40.9 Å². The van der Waals surface area contributed by atoms with Gasteiger partial charge in [0.25, 0.3) is 0 Å². The van der Waals surface area contributed by atoms with Gasteiger partial charge in [0.1, 0.15) is 6.04 Å². The zero-order valence-electron chi connectivity index (χ0n) is 25.8. The number of benzene rings is 3. The van der Waals surface area contributed by atoms with Gasteiger partial charge in [-0.15, -0.1) is 11.8 Å². The van der Waals surface area contributed by atoms with Crippen LogP contribution in [0.1, 0.15) is 55.8 Å². The van der Waals surface area contributed by atoms with E-state index >= 15 is 0 Å². The molecule has 0 spiro atoms. The number of aliphatic hydroxyl groups is 1. The number of thioether (sulfide) groups is 1. The summed E-state index contributed by atoms with van der Waals surface area (Å²) in [5.74, 6) is -2.28. The summed E-state index contributed by atoms with van der Waals surface area (Å²) in [5.41, 5.74) is 3.45. The van der Waals surface area contributed by atoms with Gasteiger partial charge in [-0.05, 0) is 60.4 Å². The molecular weight excluding hydrogens is 635 g/mol. The Morgan fingerprint density at radius 3 is 2.15 bits per heavy atom. The van der Waals surface area contributed by atoms with Crippen LogP contribution in [-0.2, 0) is 30.5 Å². The number of aliphatic hydroxyl groups excluding tert-OH is 1. The molecule has 0 bridgehead atoms. The molecule has 3 aromatic carbocycles. The molecule has 5 rings (SSSR count). The molecule has 3 aromatic rings. The van der Waals surface area contributed by atoms with Gasteiger partial charge >= 0.3 is 12.1 Å². The second-order valence-corrected chi connectivity index (χ2v) is 12.7. The fourth-order valence-electron chi connectivity index (χ4n) is 5.72. The number of alkyl halides is 3. The summed E-state index contributed by atoms with van der Waals surface area (Å²) in [6, 6.07) is 20.6. The number of carbonyl (C=O) groups excluding carboxylic acids is 3. The average Bonchev–Trinajstić information content (AvgIpc) is 3.54. The summed E-state index contributed by atoms with van der Waals surface area (Å²) in [5, 5.41) is 14.9. The molecule has 0 unspecified atom stereocenters. The minimum absolute atomic E-state index is 0.0512. The fourth-order valence-corrected chi connectivity index (χ4v) is 6.79. The van der Waals surface area contributed by atoms with E-state index in [4.69, 9.17) is 9.47 Å². The number of ether oxygens (including phenoxy) is 2. The zero-order chi connectivity index (χ0) is 33.7. The molecule has 47 heavy (non-hydrogen) atoms. The number of carbonyl (C=O) groups is 3. The maximum absolute atomic E-state index is 13.0. The average molecular weight is 672 g/mol. The van der Waals surface area contributed by atoms with Crippen molar-refractivity contribution in [2.24, 2.45) is 5.92 Å². The van der Waals surface area contributed by atoms with Gasteiger partial charge in [0, 0.05) is 47.0 Å². The first-order valence-corrected chi connectivity index (χ1v) is 16.2. The highest BCUT2D eigenvalue weighted by Crippen LogP contribution is 2.43. The summed E-state index contributed by atoms with van der Waals surface area (Å²) in [6.45, 7) is 3.30. The van der Waals surface area contributed by atoms with Crippen LogP contribution in [0.4, 0.5) is 24.5 Å². The monoisotopic (exact) mass is 671 g/mol. The quantitative estimate of drug-likeness (QED) is 0.232. The van der Waals surface area contributed by atoms with Crippen LogP contribution in [0.25, 0.3) is 0 Å². The van der Waals surface area contributed by atoms with E-state index in [-0.39, 0.29) is 43.6 Å². The molecule has 3 amide bonds. The molecular formula is C34H36F3N3O6S. The van der Waals surface area contributed by atoms with Crippen molar-refractivity contribution in [2.75, 3.05) is 22.9 Å². The van der Waals surface area contributed by atoms with Crippen LogP contribution in [0.3, 0.4) is 0 Å². The SMILES string of the molecule is CC(=O)Nc1ccc(SC[C@H]2O[C@@H](c3ccc(NC(=O)[C@@H]4CCCN4C(=O)C(F)(F)F)cc3)O[C@@H](c3ccc(CO)cc3)[C@H]2C)cc1. The van der Waals surface area contributed by atoms with Crippen molar-refractivity contribution in [1.82, 2.24) is 4.90 Å². The number of hydrogen-bond donors (Lipinski definition) is 3. The Morgan fingerprint density at radius 2 is 1.53 bits per heavy atom. The molecule has 0 saturated carbocycles. The fraction of sp³-hybridized carbons (Fsp3) is 0.382. The Hall–Kier alpha value is -3.91. The van der Waals surface area contributed by atoms with Crippen LogP contribution >= 0.6 is 11.8 Å². The number of amides is 3. The molecule has 2 aliphatic rings. The maximum atomic E-state index is 13.0. The van der Waals surface area contributed by atoms with E-state index in [0.29, 0.717) is 34.0 Å². The molecule has 2 fully saturated rings. The van der Waals surface area contributed by atoms with E-state index in [1.54, 1.807) is 36.0 Å². The third-order valence-electron chi connectivity index (χ3n) is 8.22. The first-order chi connectivity index (χ1) is 22.4. The first-order valence-electron chi connectivity index (χ1n) is 15.2. The van der Waals surface area contributed by atoms with Crippen LogP contribution < -0.4 is 10.6 Å². The minimum Gasteiger partial charge on any atom is -0.392 e. The lowest BCUT2D eigenvalue weighted by Crippen LogP contribution is -2.48. The molecule has 0 aliphatic carbocycles. The van der Waals surface area contributed by atoms with Crippen molar-refractivity contribution in [1.29, 1.82) is 0 Å². The Labute approximate surface area is 274 Å². The van der Waals surface area contributed by atoms with Gasteiger partial charge < -0.3 is 30.1 Å². The van der Waals surface area contributed by atoms with Crippen molar-refractivity contribution < 1.29 is 42.1 Å². The van der Waals surface area contributed by atoms with Gasteiger partial charge in [0.15, 0.2) is 6.29 Å². The highest BCUT2D eigenvalue weighted by atomic mass is 32.2. The van der Waals surface area contributed by atoms with Crippen LogP contribution in [0.5, 0.6) is 0 Å². The molecule has 3 N–H and O–H groups in total. The topological polar surface area (TPSA) is 117 Å². The third-order valence-corrected chi connectivity index (χ3v) is 9.32. The molecule has 2 heterocycles. The second-order valence-electron chi connectivity index (χ2n) is 11.6. The van der Waals surface area contributed by atoms with E-state index in [1.807, 2.05) is 48.5 Å². The summed E-state index contributed by atoms with van der Waals surface area (Å²) in [6.07, 6.45) is -5.94. The third kappa shape index (κ3) is 8.52. The van der Waals surface area contributed by atoms with Crippen molar-refractivity contribution in [3.05, 3.63) is 89.5 Å². The zero-order valence-corrected chi connectivity index (χ0v) is 26.6. The summed E-state index contributed by atoms with van der Waals surface area (Å²) in [7, 11) is 0. The number of nitrogens with one attached hydrogen (secondary N) is 2. The normalized spacial score (nSPS) is 22.9. The molecule has 0 radical (unpaired) electrons. The van der Waals surface area contributed by atoms with E-state index in [1.165, 1.54) is 6.92 Å². The minimum atomic E-state index is -5.05. The molecule has 2 saturated heterocycles. The predicted octanol–water partition coefficient (Wildman–Crippen LogP) is 6.21. The second kappa shape index (κ2) is 14.9. The predicted molar refractivity (Wildman–Crippen MR) is 170 cm³/mol. The standard InChI is InChI=1S/C34H36F3N3O6S/c1-20-29(19-47-27-15-13-25(14-16-27)38-21(2)42)45-32(46-30(20)23-7-5-22(18-41)6-8-23)24-9-11-26(12-10-24)39-31(43)28-4-3-17-40(28)33(44)34(35,36)37/h5-16,20,28-30,32,41H,3-4,17-19H2,1-2H3,(H,38,42)(H,39,43)/t20-,28-,29+,30+,32+/m0/s1. The van der Waals surface area contributed by atoms with Gasteiger partial charge in [-0.1, -0.05) is 43.3 Å². The van der Waals surface area contributed by atoms with Gasteiger partial charge in [-0.3, -0.25) is 14.4 Å². The first kappa shape index (κ1) is 34.4. The Kier molecular flexibility index (Phi) is 10.9. The molecule has 2 aliphatic heterocycles. The van der Waals surface area contributed by atoms with Gasteiger partial charge in [0.2, 0.25) is 11.8 Å². The lowest BCUT2D eigenvalue weighted by atomic mass is 9.91. The van der Waals surface area contributed by atoms with E-state index < -0.39 is 30.3 Å². The van der Waals surface area contributed by atoms with Crippen LogP contribution in [0.2, 0.25) is 0 Å². The molecule has 0 aromatic heterocycles. The van der Waals surface area contributed by atoms with Crippen LogP contribution in [0.15, 0.2) is 77.7 Å². The summed E-state index contributed by atoms with van der Waals surface area (Å²) in [4.78, 5) is 37.6. The summed E-state index contributed by atoms with van der Waals surface area (Å²) < 4.78 is 52.0. The highest BCUT2D eigenvalue weighted by molar-refractivity contribution is 7.99. The number of nitrogens with zero attached hydrogens (tertiary/aromatic N) is 1. The Balaban J connectivity index is 1.30. The van der Waals surface area contributed by atoms with Crippen LogP contribution in [-0.4, -0.2) is 58.3 Å². The molecule has 9 nitrogen and oxygen atoms in total. The Bertz CT molecular complexity index is 1550. The van der Waals surface area contributed by atoms with Gasteiger partial charge in [-0.2, -0.15) is 13.2 Å². The van der Waals surface area contributed by atoms with E-state index in [9.17, 15) is 32.7 Å². The smallest absolute Gasteiger partial charge is 0.392 e. The lowest BCUT2D eigenvalue weighted by molar-refractivity contribution is -0.268. The van der Waals surface area contributed by atoms with Crippen molar-refractivity contribution in [3.63, 3.8) is 0 Å². The lowest BCUT2D eigenvalue weighted by Gasteiger charge is -2.41. The van der Waals surface area contributed by atoms with Crippen LogP contribution in [0, 0.1) is 5.92 Å².